The van der Waals surface area contributed by atoms with Crippen molar-refractivity contribution in [1.29, 1.82) is 0 Å². The number of aryl methyl sites for hydroxylation is 1. The number of phenolic OH excluding ortho intramolecular Hbond substituents is 1. The molecule has 0 aliphatic carbocycles. The number of anilines is 1. The van der Waals surface area contributed by atoms with Gasteiger partial charge in [0.25, 0.3) is 16.0 Å². The lowest BCUT2D eigenvalue weighted by atomic mass is 10.0. The van der Waals surface area contributed by atoms with Gasteiger partial charge in [-0.1, -0.05) is 48.0 Å². The molecule has 4 aromatic carbocycles. The predicted octanol–water partition coefficient (Wildman–Crippen LogP) is 6.82. The average molecular weight is 540 g/mol. The standard InChI is InChI=1S/C26H22ClN3O6S/c1-3-36-22-11-7-6-10-20(22)28-26(32)18-13-16-8-4-5-9-17(16)24(25(18)31)30-29-21-14-23(37(33,34)35)19(27)12-15(21)2/h4-14,31H,3H2,1-2H3,(H,28,32)(H,33,34,35). The third-order valence-corrected chi connectivity index (χ3v) is 6.78. The molecule has 190 valence electrons. The highest BCUT2D eigenvalue weighted by atomic mass is 35.5. The lowest BCUT2D eigenvalue weighted by Gasteiger charge is -2.13. The Kier molecular flexibility index (Phi) is 7.44. The van der Waals surface area contributed by atoms with E-state index in [1.54, 1.807) is 55.5 Å². The fourth-order valence-electron chi connectivity index (χ4n) is 3.68. The van der Waals surface area contributed by atoms with Crippen LogP contribution < -0.4 is 10.1 Å². The van der Waals surface area contributed by atoms with Crippen molar-refractivity contribution in [1.82, 2.24) is 0 Å². The van der Waals surface area contributed by atoms with Crippen molar-refractivity contribution in [2.24, 2.45) is 10.2 Å². The van der Waals surface area contributed by atoms with Crippen molar-refractivity contribution < 1.29 is 27.6 Å². The summed E-state index contributed by atoms with van der Waals surface area (Å²) >= 11 is 5.95. The van der Waals surface area contributed by atoms with Crippen LogP contribution in [0, 0.1) is 6.92 Å². The largest absolute Gasteiger partial charge is 0.505 e. The number of benzene rings is 4. The van der Waals surface area contributed by atoms with Gasteiger partial charge in [-0.15, -0.1) is 5.11 Å². The molecule has 0 aliphatic heterocycles. The molecule has 0 aliphatic rings. The quantitative estimate of drug-likeness (QED) is 0.174. The predicted molar refractivity (Wildman–Crippen MR) is 141 cm³/mol. The first-order chi connectivity index (χ1) is 17.6. The zero-order valence-corrected chi connectivity index (χ0v) is 21.3. The van der Waals surface area contributed by atoms with Crippen LogP contribution in [-0.2, 0) is 10.1 Å². The van der Waals surface area contributed by atoms with Crippen LogP contribution in [0.5, 0.6) is 11.5 Å². The van der Waals surface area contributed by atoms with Crippen molar-refractivity contribution >= 4 is 55.5 Å². The van der Waals surface area contributed by atoms with Crippen molar-refractivity contribution in [2.45, 2.75) is 18.7 Å². The molecular weight excluding hydrogens is 518 g/mol. The van der Waals surface area contributed by atoms with E-state index in [4.69, 9.17) is 16.3 Å². The maximum absolute atomic E-state index is 13.2. The number of carbonyl (C=O) groups is 1. The van der Waals surface area contributed by atoms with E-state index >= 15 is 0 Å². The van der Waals surface area contributed by atoms with E-state index in [1.165, 1.54) is 12.1 Å². The zero-order chi connectivity index (χ0) is 26.7. The monoisotopic (exact) mass is 539 g/mol. The number of aromatic hydroxyl groups is 1. The number of nitrogens with one attached hydrogen (secondary N) is 1. The van der Waals surface area contributed by atoms with Crippen molar-refractivity contribution in [2.75, 3.05) is 11.9 Å². The topological polar surface area (TPSA) is 138 Å². The number of halogens is 1. The summed E-state index contributed by atoms with van der Waals surface area (Å²) < 4.78 is 38.3. The maximum atomic E-state index is 13.2. The molecule has 4 aromatic rings. The number of hydrogen-bond donors (Lipinski definition) is 3. The third-order valence-electron chi connectivity index (χ3n) is 5.46. The van der Waals surface area contributed by atoms with E-state index in [2.05, 4.69) is 15.5 Å². The molecular formula is C26H22ClN3O6S. The summed E-state index contributed by atoms with van der Waals surface area (Å²) in [4.78, 5) is 12.7. The Morgan fingerprint density at radius 1 is 1.05 bits per heavy atom. The first-order valence-corrected chi connectivity index (χ1v) is 12.9. The number of hydrogen-bond acceptors (Lipinski definition) is 7. The summed E-state index contributed by atoms with van der Waals surface area (Å²) in [5.41, 5.74) is 0.960. The first kappa shape index (κ1) is 26.1. The molecule has 3 N–H and O–H groups in total. The van der Waals surface area contributed by atoms with Gasteiger partial charge in [0.1, 0.15) is 16.3 Å². The summed E-state index contributed by atoms with van der Waals surface area (Å²) in [5.74, 6) is -0.537. The fourth-order valence-corrected chi connectivity index (χ4v) is 4.76. The van der Waals surface area contributed by atoms with Crippen LogP contribution in [0.2, 0.25) is 5.02 Å². The van der Waals surface area contributed by atoms with Gasteiger partial charge in [0.05, 0.1) is 28.6 Å². The molecule has 0 radical (unpaired) electrons. The van der Waals surface area contributed by atoms with Crippen LogP contribution in [0.15, 0.2) is 81.9 Å². The molecule has 0 atom stereocenters. The Bertz CT molecular complexity index is 1650. The molecule has 0 heterocycles. The van der Waals surface area contributed by atoms with Gasteiger partial charge in [0.2, 0.25) is 0 Å². The minimum atomic E-state index is -4.60. The van der Waals surface area contributed by atoms with Crippen LogP contribution in [0.1, 0.15) is 22.8 Å². The molecule has 9 nitrogen and oxygen atoms in total. The molecule has 0 unspecified atom stereocenters. The second kappa shape index (κ2) is 10.6. The molecule has 4 rings (SSSR count). The highest BCUT2D eigenvalue weighted by Crippen LogP contribution is 2.40. The molecule has 0 saturated heterocycles. The van der Waals surface area contributed by atoms with Crippen LogP contribution in [0.3, 0.4) is 0 Å². The molecule has 0 spiro atoms. The summed E-state index contributed by atoms with van der Waals surface area (Å²) in [6.45, 7) is 3.86. The van der Waals surface area contributed by atoms with Gasteiger partial charge in [-0.2, -0.15) is 13.5 Å². The Balaban J connectivity index is 1.80. The second-order valence-electron chi connectivity index (χ2n) is 7.97. The second-order valence-corrected chi connectivity index (χ2v) is 9.77. The normalized spacial score (nSPS) is 11.7. The number of amides is 1. The number of fused-ring (bicyclic) bond motifs is 1. The summed E-state index contributed by atoms with van der Waals surface area (Å²) in [6.07, 6.45) is 0. The van der Waals surface area contributed by atoms with Gasteiger partial charge < -0.3 is 15.2 Å². The number of para-hydroxylation sites is 2. The number of azo groups is 1. The fraction of sp³-hybridized carbons (Fsp3) is 0.115. The number of carbonyl (C=O) groups excluding carboxylic acids is 1. The highest BCUT2D eigenvalue weighted by Gasteiger charge is 2.20. The van der Waals surface area contributed by atoms with Gasteiger partial charge in [-0.25, -0.2) is 0 Å². The van der Waals surface area contributed by atoms with E-state index < -0.39 is 26.7 Å². The van der Waals surface area contributed by atoms with E-state index in [1.807, 2.05) is 6.92 Å². The Morgan fingerprint density at radius 2 is 1.76 bits per heavy atom. The SMILES string of the molecule is CCOc1ccccc1NC(=O)c1cc2ccccc2c(N=Nc2cc(S(=O)(=O)O)c(Cl)cc2C)c1O. The molecule has 0 fully saturated rings. The Morgan fingerprint density at radius 3 is 2.49 bits per heavy atom. The Labute approximate surface area is 218 Å². The molecule has 0 bridgehead atoms. The average Bonchev–Trinajstić information content (AvgIpc) is 2.84. The van der Waals surface area contributed by atoms with Crippen molar-refractivity contribution in [3.8, 4) is 11.5 Å². The third kappa shape index (κ3) is 5.56. The summed E-state index contributed by atoms with van der Waals surface area (Å²) in [6, 6.07) is 17.8. The van der Waals surface area contributed by atoms with Gasteiger partial charge in [0.15, 0.2) is 5.75 Å². The van der Waals surface area contributed by atoms with Gasteiger partial charge in [-0.05, 0) is 55.1 Å². The van der Waals surface area contributed by atoms with E-state index in [9.17, 15) is 22.9 Å². The lowest BCUT2D eigenvalue weighted by molar-refractivity contribution is 0.102. The van der Waals surface area contributed by atoms with E-state index in [-0.39, 0.29) is 22.0 Å². The van der Waals surface area contributed by atoms with Gasteiger partial charge in [0, 0.05) is 5.39 Å². The summed E-state index contributed by atoms with van der Waals surface area (Å²) in [5, 5.41) is 23.1. The number of ether oxygens (including phenoxy) is 1. The number of nitrogens with zero attached hydrogens (tertiary/aromatic N) is 2. The van der Waals surface area contributed by atoms with Gasteiger partial charge >= 0.3 is 0 Å². The molecule has 0 saturated carbocycles. The molecule has 1 amide bonds. The first-order valence-electron chi connectivity index (χ1n) is 11.1. The Hall–Kier alpha value is -3.99. The van der Waals surface area contributed by atoms with Crippen LogP contribution in [-0.4, -0.2) is 30.6 Å². The van der Waals surface area contributed by atoms with Crippen molar-refractivity contribution in [3.05, 3.63) is 82.9 Å². The lowest BCUT2D eigenvalue weighted by Crippen LogP contribution is -2.13. The minimum absolute atomic E-state index is 0.00380. The minimum Gasteiger partial charge on any atom is -0.505 e. The summed E-state index contributed by atoms with van der Waals surface area (Å²) in [7, 11) is -4.60. The smallest absolute Gasteiger partial charge is 0.296 e. The zero-order valence-electron chi connectivity index (χ0n) is 19.8. The number of phenols is 1. The van der Waals surface area contributed by atoms with Gasteiger partial charge in [-0.3, -0.25) is 9.35 Å². The van der Waals surface area contributed by atoms with Crippen molar-refractivity contribution in [3.63, 3.8) is 0 Å². The van der Waals surface area contributed by atoms with E-state index in [0.717, 1.165) is 6.07 Å². The molecule has 0 aromatic heterocycles. The molecule has 37 heavy (non-hydrogen) atoms. The number of rotatable bonds is 7. The molecule has 11 heteroatoms. The van der Waals surface area contributed by atoms with Crippen LogP contribution in [0.25, 0.3) is 10.8 Å². The van der Waals surface area contributed by atoms with Crippen LogP contribution >= 0.6 is 11.6 Å². The van der Waals surface area contributed by atoms with E-state index in [0.29, 0.717) is 34.4 Å². The highest BCUT2D eigenvalue weighted by molar-refractivity contribution is 7.86. The van der Waals surface area contributed by atoms with Crippen LogP contribution in [0.4, 0.5) is 17.1 Å². The maximum Gasteiger partial charge on any atom is 0.296 e.